The summed E-state index contributed by atoms with van der Waals surface area (Å²) in [5.74, 6) is -0.212. The maximum atomic E-state index is 12.5. The number of methoxy groups -OCH3 is 1. The van der Waals surface area contributed by atoms with Crippen LogP contribution in [-0.4, -0.2) is 37.3 Å². The van der Waals surface area contributed by atoms with Crippen LogP contribution >= 0.6 is 0 Å². The zero-order chi connectivity index (χ0) is 19.8. The molecule has 0 unspecified atom stereocenters. The standard InChI is InChI=1S/C20H23NO6/c1-4-10-27-16-9-6-13(11-18(16)26-5-2)19(22)21-14-7-8-15(20(23)24)17(12-14)25-3/h6-9,11-12H,4-5,10H2,1-3H3,(H,21,22)(H,23,24). The van der Waals surface area contributed by atoms with Gasteiger partial charge in [-0.25, -0.2) is 4.79 Å². The van der Waals surface area contributed by atoms with Crippen LogP contribution in [0.25, 0.3) is 0 Å². The first kappa shape index (κ1) is 20.1. The van der Waals surface area contributed by atoms with Gasteiger partial charge in [0.25, 0.3) is 5.91 Å². The quantitative estimate of drug-likeness (QED) is 0.694. The van der Waals surface area contributed by atoms with Crippen molar-refractivity contribution in [2.45, 2.75) is 20.3 Å². The zero-order valence-corrected chi connectivity index (χ0v) is 15.6. The summed E-state index contributed by atoms with van der Waals surface area (Å²) in [5.41, 5.74) is 0.834. The Hall–Kier alpha value is -3.22. The highest BCUT2D eigenvalue weighted by atomic mass is 16.5. The van der Waals surface area contributed by atoms with Gasteiger partial charge in [-0.3, -0.25) is 4.79 Å². The molecule has 7 nitrogen and oxygen atoms in total. The summed E-state index contributed by atoms with van der Waals surface area (Å²) in [5, 5.41) is 11.8. The monoisotopic (exact) mass is 373 g/mol. The summed E-state index contributed by atoms with van der Waals surface area (Å²) in [6.07, 6.45) is 0.863. The first-order valence-corrected chi connectivity index (χ1v) is 8.62. The van der Waals surface area contributed by atoms with E-state index in [1.165, 1.54) is 25.3 Å². The van der Waals surface area contributed by atoms with Crippen molar-refractivity contribution in [3.05, 3.63) is 47.5 Å². The van der Waals surface area contributed by atoms with E-state index in [1.54, 1.807) is 18.2 Å². The molecule has 0 atom stereocenters. The van der Waals surface area contributed by atoms with E-state index in [2.05, 4.69) is 5.32 Å². The zero-order valence-electron chi connectivity index (χ0n) is 15.6. The van der Waals surface area contributed by atoms with Crippen LogP contribution in [0, 0.1) is 0 Å². The third kappa shape index (κ3) is 5.13. The topological polar surface area (TPSA) is 94.1 Å². The van der Waals surface area contributed by atoms with E-state index in [-0.39, 0.29) is 17.2 Å². The van der Waals surface area contributed by atoms with Crippen LogP contribution < -0.4 is 19.5 Å². The van der Waals surface area contributed by atoms with Crippen LogP contribution in [0.4, 0.5) is 5.69 Å². The lowest BCUT2D eigenvalue weighted by molar-refractivity contribution is 0.0693. The molecule has 144 valence electrons. The predicted octanol–water partition coefficient (Wildman–Crippen LogP) is 3.83. The van der Waals surface area contributed by atoms with E-state index in [0.29, 0.717) is 36.0 Å². The lowest BCUT2D eigenvalue weighted by atomic mass is 10.1. The van der Waals surface area contributed by atoms with Crippen molar-refractivity contribution >= 4 is 17.6 Å². The van der Waals surface area contributed by atoms with Crippen LogP contribution in [0.15, 0.2) is 36.4 Å². The summed E-state index contributed by atoms with van der Waals surface area (Å²) in [6.45, 7) is 4.86. The molecule has 1 amide bonds. The molecule has 0 aromatic heterocycles. The minimum absolute atomic E-state index is 0.0200. The Morgan fingerprint density at radius 2 is 1.78 bits per heavy atom. The molecular formula is C20H23NO6. The predicted molar refractivity (Wildman–Crippen MR) is 101 cm³/mol. The maximum Gasteiger partial charge on any atom is 0.339 e. The van der Waals surface area contributed by atoms with Crippen molar-refractivity contribution in [2.24, 2.45) is 0 Å². The van der Waals surface area contributed by atoms with Gasteiger partial charge >= 0.3 is 5.97 Å². The van der Waals surface area contributed by atoms with Gasteiger partial charge in [-0.2, -0.15) is 0 Å². The highest BCUT2D eigenvalue weighted by Crippen LogP contribution is 2.29. The number of carboxylic acids is 1. The maximum absolute atomic E-state index is 12.5. The number of carboxylic acid groups (broad SMARTS) is 1. The number of anilines is 1. The van der Waals surface area contributed by atoms with Crippen molar-refractivity contribution < 1.29 is 28.9 Å². The second kappa shape index (κ2) is 9.47. The summed E-state index contributed by atoms with van der Waals surface area (Å²) in [4.78, 5) is 23.7. The smallest absolute Gasteiger partial charge is 0.339 e. The Kier molecular flexibility index (Phi) is 7.05. The van der Waals surface area contributed by atoms with E-state index >= 15 is 0 Å². The molecular weight excluding hydrogens is 350 g/mol. The molecule has 0 bridgehead atoms. The Balaban J connectivity index is 2.22. The van der Waals surface area contributed by atoms with Crippen LogP contribution in [0.1, 0.15) is 41.0 Å². The molecule has 27 heavy (non-hydrogen) atoms. The third-order valence-electron chi connectivity index (χ3n) is 3.66. The van der Waals surface area contributed by atoms with Gasteiger partial charge in [0.1, 0.15) is 11.3 Å². The van der Waals surface area contributed by atoms with Crippen LogP contribution in [-0.2, 0) is 0 Å². The van der Waals surface area contributed by atoms with Gasteiger partial charge in [0, 0.05) is 17.3 Å². The number of hydrogen-bond donors (Lipinski definition) is 2. The molecule has 2 aromatic rings. The van der Waals surface area contributed by atoms with Crippen molar-refractivity contribution in [1.29, 1.82) is 0 Å². The Morgan fingerprint density at radius 3 is 2.41 bits per heavy atom. The van der Waals surface area contributed by atoms with E-state index < -0.39 is 5.97 Å². The molecule has 0 aliphatic heterocycles. The fourth-order valence-electron chi connectivity index (χ4n) is 2.40. The van der Waals surface area contributed by atoms with Crippen molar-refractivity contribution in [3.63, 3.8) is 0 Å². The molecule has 0 aliphatic carbocycles. The molecule has 2 rings (SSSR count). The molecule has 0 saturated carbocycles. The Morgan fingerprint density at radius 1 is 1.00 bits per heavy atom. The number of carbonyl (C=O) groups excluding carboxylic acids is 1. The number of carbonyl (C=O) groups is 2. The largest absolute Gasteiger partial charge is 0.496 e. The number of nitrogens with one attached hydrogen (secondary N) is 1. The summed E-state index contributed by atoms with van der Waals surface area (Å²) in [7, 11) is 1.37. The summed E-state index contributed by atoms with van der Waals surface area (Å²) >= 11 is 0. The lowest BCUT2D eigenvalue weighted by Gasteiger charge is -2.13. The SMILES string of the molecule is CCCOc1ccc(C(=O)Nc2ccc(C(=O)O)c(OC)c2)cc1OCC. The first-order chi connectivity index (χ1) is 13.0. The van der Waals surface area contributed by atoms with Gasteiger partial charge in [-0.15, -0.1) is 0 Å². The molecule has 0 saturated heterocycles. The van der Waals surface area contributed by atoms with Gasteiger partial charge in [0.2, 0.25) is 0 Å². The second-order valence-corrected chi connectivity index (χ2v) is 5.62. The van der Waals surface area contributed by atoms with E-state index in [4.69, 9.17) is 19.3 Å². The van der Waals surface area contributed by atoms with Crippen molar-refractivity contribution in [3.8, 4) is 17.2 Å². The van der Waals surface area contributed by atoms with Crippen LogP contribution in [0.2, 0.25) is 0 Å². The highest BCUT2D eigenvalue weighted by molar-refractivity contribution is 6.05. The average molecular weight is 373 g/mol. The minimum atomic E-state index is -1.10. The van der Waals surface area contributed by atoms with E-state index in [9.17, 15) is 9.59 Å². The number of aromatic carboxylic acids is 1. The third-order valence-corrected chi connectivity index (χ3v) is 3.66. The molecule has 0 fully saturated rings. The molecule has 0 heterocycles. The average Bonchev–Trinajstić information content (AvgIpc) is 2.66. The van der Waals surface area contributed by atoms with Crippen LogP contribution in [0.5, 0.6) is 17.2 Å². The Labute approximate surface area is 157 Å². The normalized spacial score (nSPS) is 10.2. The van der Waals surface area contributed by atoms with Gasteiger partial charge in [0.05, 0.1) is 20.3 Å². The molecule has 0 radical (unpaired) electrons. The number of benzene rings is 2. The number of amides is 1. The highest BCUT2D eigenvalue weighted by Gasteiger charge is 2.15. The minimum Gasteiger partial charge on any atom is -0.496 e. The Bertz CT molecular complexity index is 818. The molecule has 0 aliphatic rings. The first-order valence-electron chi connectivity index (χ1n) is 8.62. The lowest BCUT2D eigenvalue weighted by Crippen LogP contribution is -2.13. The van der Waals surface area contributed by atoms with Gasteiger partial charge < -0.3 is 24.6 Å². The van der Waals surface area contributed by atoms with Gasteiger partial charge in [-0.05, 0) is 43.7 Å². The summed E-state index contributed by atoms with van der Waals surface area (Å²) < 4.78 is 16.3. The molecule has 0 spiro atoms. The van der Waals surface area contributed by atoms with Crippen molar-refractivity contribution in [2.75, 3.05) is 25.6 Å². The van der Waals surface area contributed by atoms with Crippen LogP contribution in [0.3, 0.4) is 0 Å². The number of ether oxygens (including phenoxy) is 3. The second-order valence-electron chi connectivity index (χ2n) is 5.62. The van der Waals surface area contributed by atoms with E-state index in [1.807, 2.05) is 13.8 Å². The molecule has 7 heteroatoms. The van der Waals surface area contributed by atoms with E-state index in [0.717, 1.165) is 6.42 Å². The number of rotatable bonds is 9. The molecule has 2 N–H and O–H groups in total. The fourth-order valence-corrected chi connectivity index (χ4v) is 2.40. The fraction of sp³-hybridized carbons (Fsp3) is 0.300. The molecule has 2 aromatic carbocycles. The van der Waals surface area contributed by atoms with Gasteiger partial charge in [0.15, 0.2) is 11.5 Å². The van der Waals surface area contributed by atoms with Gasteiger partial charge in [-0.1, -0.05) is 6.92 Å². The van der Waals surface area contributed by atoms with Crippen molar-refractivity contribution in [1.82, 2.24) is 0 Å². The number of hydrogen-bond acceptors (Lipinski definition) is 5. The summed E-state index contributed by atoms with van der Waals surface area (Å²) in [6, 6.07) is 9.31.